The number of esters is 1. The molecule has 6 nitrogen and oxygen atoms in total. The molecule has 1 aromatic carbocycles. The molecule has 1 aliphatic rings. The maximum atomic E-state index is 12.1. The third kappa shape index (κ3) is 2.71. The van der Waals surface area contributed by atoms with E-state index in [1.807, 2.05) is 31.2 Å². The topological polar surface area (TPSA) is 94.6 Å². The van der Waals surface area contributed by atoms with Gasteiger partial charge in [-0.05, 0) is 24.6 Å². The van der Waals surface area contributed by atoms with Gasteiger partial charge in [0.25, 0.3) is 0 Å². The lowest BCUT2D eigenvalue weighted by atomic mass is 9.88. The van der Waals surface area contributed by atoms with Crippen molar-refractivity contribution in [2.24, 2.45) is 5.73 Å². The van der Waals surface area contributed by atoms with Crippen LogP contribution in [-0.4, -0.2) is 20.2 Å². The van der Waals surface area contributed by atoms with Gasteiger partial charge in [0, 0.05) is 4.88 Å². The number of aryl methyl sites for hydroxylation is 1. The van der Waals surface area contributed by atoms with E-state index in [2.05, 4.69) is 6.07 Å². The van der Waals surface area contributed by atoms with E-state index in [9.17, 15) is 10.1 Å². The molecule has 1 unspecified atom stereocenters. The molecule has 7 heteroatoms. The van der Waals surface area contributed by atoms with Crippen molar-refractivity contribution >= 4 is 17.3 Å². The Balaban J connectivity index is 2.20. The van der Waals surface area contributed by atoms with E-state index in [1.165, 1.54) is 18.4 Å². The van der Waals surface area contributed by atoms with Crippen LogP contribution in [0.2, 0.25) is 0 Å². The third-order valence-corrected chi connectivity index (χ3v) is 5.20. The summed E-state index contributed by atoms with van der Waals surface area (Å²) in [5.74, 6) is 0.188. The van der Waals surface area contributed by atoms with E-state index in [0.29, 0.717) is 22.6 Å². The van der Waals surface area contributed by atoms with Crippen LogP contribution < -0.4 is 15.2 Å². The number of nitrogens with zero attached hydrogens (tertiary/aromatic N) is 1. The Morgan fingerprint density at radius 2 is 2.00 bits per heavy atom. The van der Waals surface area contributed by atoms with Crippen molar-refractivity contribution < 1.29 is 19.0 Å². The Morgan fingerprint density at radius 3 is 2.56 bits per heavy atom. The zero-order chi connectivity index (χ0) is 18.1. The first-order chi connectivity index (χ1) is 12.0. The predicted octanol–water partition coefficient (Wildman–Crippen LogP) is 3.07. The number of rotatable bonds is 3. The summed E-state index contributed by atoms with van der Waals surface area (Å²) in [6, 6.07) is 9.51. The molecule has 0 saturated carbocycles. The van der Waals surface area contributed by atoms with Crippen LogP contribution in [0.15, 0.2) is 35.7 Å². The molecule has 2 N–H and O–H groups in total. The fourth-order valence-corrected chi connectivity index (χ4v) is 4.06. The molecule has 0 amide bonds. The molecule has 0 aliphatic carbocycles. The summed E-state index contributed by atoms with van der Waals surface area (Å²) < 4.78 is 15.7. The van der Waals surface area contributed by atoms with Gasteiger partial charge in [0.2, 0.25) is 5.88 Å². The number of carbonyl (C=O) groups excluding carboxylic acids is 1. The average molecular weight is 356 g/mol. The largest absolute Gasteiger partial charge is 0.497 e. The quantitative estimate of drug-likeness (QED) is 0.849. The first-order valence-electron chi connectivity index (χ1n) is 7.45. The van der Waals surface area contributed by atoms with Gasteiger partial charge in [-0.3, -0.25) is 0 Å². The lowest BCUT2D eigenvalue weighted by molar-refractivity contribution is 0.0597. The molecular formula is C18H16N2O4S. The van der Waals surface area contributed by atoms with Crippen LogP contribution in [0.3, 0.4) is 0 Å². The predicted molar refractivity (Wildman–Crippen MR) is 92.7 cm³/mol. The number of ether oxygens (including phenoxy) is 3. The molecule has 25 heavy (non-hydrogen) atoms. The number of carbonyl (C=O) groups is 1. The molecule has 128 valence electrons. The first kappa shape index (κ1) is 16.9. The zero-order valence-corrected chi connectivity index (χ0v) is 14.8. The fourth-order valence-electron chi connectivity index (χ4n) is 2.85. The second-order valence-corrected chi connectivity index (χ2v) is 6.67. The Labute approximate surface area is 149 Å². The molecule has 0 radical (unpaired) electrons. The molecular weight excluding hydrogens is 340 g/mol. The van der Waals surface area contributed by atoms with Gasteiger partial charge in [0.15, 0.2) is 5.75 Å². The second-order valence-electron chi connectivity index (χ2n) is 5.42. The van der Waals surface area contributed by atoms with Gasteiger partial charge >= 0.3 is 5.97 Å². The van der Waals surface area contributed by atoms with Crippen LogP contribution in [-0.2, 0) is 4.74 Å². The molecule has 3 rings (SSSR count). The number of nitriles is 1. The van der Waals surface area contributed by atoms with Crippen LogP contribution in [0.5, 0.6) is 11.5 Å². The highest BCUT2D eigenvalue weighted by Crippen LogP contribution is 2.49. The first-order valence-corrected chi connectivity index (χ1v) is 8.26. The lowest BCUT2D eigenvalue weighted by Crippen LogP contribution is -2.21. The average Bonchev–Trinajstić information content (AvgIpc) is 2.95. The van der Waals surface area contributed by atoms with Gasteiger partial charge in [-0.1, -0.05) is 12.1 Å². The van der Waals surface area contributed by atoms with Gasteiger partial charge in [-0.15, -0.1) is 11.3 Å². The van der Waals surface area contributed by atoms with Crippen molar-refractivity contribution in [1.29, 1.82) is 5.26 Å². The van der Waals surface area contributed by atoms with Crippen molar-refractivity contribution in [3.63, 3.8) is 0 Å². The Morgan fingerprint density at radius 1 is 1.32 bits per heavy atom. The molecule has 2 aromatic rings. The maximum absolute atomic E-state index is 12.1. The van der Waals surface area contributed by atoms with Crippen molar-refractivity contribution in [3.8, 4) is 17.6 Å². The summed E-state index contributed by atoms with van der Waals surface area (Å²) in [5, 5.41) is 9.57. The highest BCUT2D eigenvalue weighted by atomic mass is 32.1. The number of methoxy groups -OCH3 is 2. The smallest absolute Gasteiger partial charge is 0.342 e. The summed E-state index contributed by atoms with van der Waals surface area (Å²) >= 11 is 1.40. The summed E-state index contributed by atoms with van der Waals surface area (Å²) in [5.41, 5.74) is 7.50. The minimum absolute atomic E-state index is 0.00114. The number of benzene rings is 1. The number of hydrogen-bond donors (Lipinski definition) is 1. The SMILES string of the molecule is COC(=O)c1c(C)sc2c1OC(N)=C(C#N)C2c1ccc(OC)cc1. The second kappa shape index (κ2) is 6.49. The van der Waals surface area contributed by atoms with Crippen LogP contribution in [0.4, 0.5) is 0 Å². The van der Waals surface area contributed by atoms with Crippen molar-refractivity contribution in [3.05, 3.63) is 56.6 Å². The molecule has 2 heterocycles. The van der Waals surface area contributed by atoms with E-state index < -0.39 is 11.9 Å². The van der Waals surface area contributed by atoms with Gasteiger partial charge < -0.3 is 19.9 Å². The number of fused-ring (bicyclic) bond motifs is 1. The Hall–Kier alpha value is -2.98. The molecule has 0 saturated heterocycles. The number of nitrogens with two attached hydrogens (primary N) is 1. The Bertz CT molecular complexity index is 906. The fraction of sp³-hybridized carbons (Fsp3) is 0.222. The normalized spacial score (nSPS) is 15.8. The standard InChI is InChI=1S/C18H16N2O4S/c1-9-13(18(21)23-3)15-16(25-9)14(12(8-19)17(20)24-15)10-4-6-11(22-2)7-5-10/h4-7,14H,20H2,1-3H3. The van der Waals surface area contributed by atoms with Gasteiger partial charge in [0.1, 0.15) is 23.0 Å². The summed E-state index contributed by atoms with van der Waals surface area (Å²) in [7, 11) is 2.90. The highest BCUT2D eigenvalue weighted by Gasteiger charge is 2.36. The van der Waals surface area contributed by atoms with Crippen LogP contribution in [0, 0.1) is 18.3 Å². The summed E-state index contributed by atoms with van der Waals surface area (Å²) in [6.07, 6.45) is 0. The maximum Gasteiger partial charge on any atom is 0.342 e. The third-order valence-electron chi connectivity index (χ3n) is 4.05. The zero-order valence-electron chi connectivity index (χ0n) is 14.0. The van der Waals surface area contributed by atoms with Crippen LogP contribution >= 0.6 is 11.3 Å². The van der Waals surface area contributed by atoms with Crippen molar-refractivity contribution in [2.45, 2.75) is 12.8 Å². The molecule has 0 bridgehead atoms. The number of thiophene rings is 1. The van der Waals surface area contributed by atoms with E-state index in [4.69, 9.17) is 19.9 Å². The van der Waals surface area contributed by atoms with Gasteiger partial charge in [0.05, 0.1) is 25.0 Å². The molecule has 1 aromatic heterocycles. The van der Waals surface area contributed by atoms with E-state index >= 15 is 0 Å². The minimum Gasteiger partial charge on any atom is -0.497 e. The van der Waals surface area contributed by atoms with Gasteiger partial charge in [-0.25, -0.2) is 4.79 Å². The van der Waals surface area contributed by atoms with Crippen molar-refractivity contribution in [2.75, 3.05) is 14.2 Å². The molecule has 0 fully saturated rings. The lowest BCUT2D eigenvalue weighted by Gasteiger charge is -2.24. The number of allylic oxidation sites excluding steroid dienone is 1. The van der Waals surface area contributed by atoms with E-state index in [1.54, 1.807) is 7.11 Å². The molecule has 1 aliphatic heterocycles. The van der Waals surface area contributed by atoms with Crippen LogP contribution in [0.25, 0.3) is 0 Å². The van der Waals surface area contributed by atoms with Gasteiger partial charge in [-0.2, -0.15) is 5.26 Å². The molecule has 1 atom stereocenters. The summed E-state index contributed by atoms with van der Waals surface area (Å²) in [4.78, 5) is 13.6. The van der Waals surface area contributed by atoms with Crippen molar-refractivity contribution in [1.82, 2.24) is 0 Å². The van der Waals surface area contributed by atoms with Crippen LogP contribution in [0.1, 0.15) is 31.6 Å². The summed E-state index contributed by atoms with van der Waals surface area (Å²) in [6.45, 7) is 1.81. The minimum atomic E-state index is -0.489. The molecule has 0 spiro atoms. The number of hydrogen-bond acceptors (Lipinski definition) is 7. The van der Waals surface area contributed by atoms with E-state index in [-0.39, 0.29) is 5.88 Å². The Kier molecular flexibility index (Phi) is 4.38. The van der Waals surface area contributed by atoms with E-state index in [0.717, 1.165) is 15.3 Å². The highest BCUT2D eigenvalue weighted by molar-refractivity contribution is 7.12. The monoisotopic (exact) mass is 356 g/mol.